The van der Waals surface area contributed by atoms with E-state index in [0.29, 0.717) is 17.7 Å². The van der Waals surface area contributed by atoms with Crippen molar-refractivity contribution >= 4 is 9.24 Å². The number of aromatic nitrogens is 1. The van der Waals surface area contributed by atoms with E-state index in [4.69, 9.17) is 4.42 Å². The van der Waals surface area contributed by atoms with Crippen LogP contribution in [0.15, 0.2) is 10.8 Å². The summed E-state index contributed by atoms with van der Waals surface area (Å²) in [4.78, 5) is 6.00. The highest BCUT2D eigenvalue weighted by Crippen LogP contribution is 2.39. The molecule has 1 aromatic heterocycles. The molecular weight excluding hydrogens is 247 g/mol. The molecule has 17 heavy (non-hydrogen) atoms. The Bertz CT molecular complexity index is 419. The Morgan fingerprint density at radius 1 is 1.53 bits per heavy atom. The molecule has 0 aliphatic carbocycles. The smallest absolute Gasteiger partial charge is 0.317 e. The zero-order chi connectivity index (χ0) is 12.1. The molecule has 1 aromatic rings. The third-order valence-electron chi connectivity index (χ3n) is 3.44. The molecule has 1 N–H and O–H groups in total. The van der Waals surface area contributed by atoms with E-state index < -0.39 is 5.66 Å². The maximum Gasteiger partial charge on any atom is 0.317 e. The van der Waals surface area contributed by atoms with Crippen LogP contribution in [-0.2, 0) is 12.2 Å². The van der Waals surface area contributed by atoms with Crippen molar-refractivity contribution in [2.75, 3.05) is 26.2 Å². The number of alkyl halides is 2. The van der Waals surface area contributed by atoms with E-state index in [9.17, 15) is 8.78 Å². The maximum atomic E-state index is 13.2. The van der Waals surface area contributed by atoms with E-state index in [-0.39, 0.29) is 5.76 Å². The van der Waals surface area contributed by atoms with Crippen molar-refractivity contribution in [3.05, 3.63) is 17.8 Å². The van der Waals surface area contributed by atoms with Crippen LogP contribution in [0.1, 0.15) is 11.5 Å². The van der Waals surface area contributed by atoms with Crippen molar-refractivity contribution in [2.24, 2.45) is 5.41 Å². The third kappa shape index (κ3) is 1.98. The van der Waals surface area contributed by atoms with Crippen LogP contribution in [-0.4, -0.2) is 36.1 Å². The van der Waals surface area contributed by atoms with Gasteiger partial charge in [-0.05, 0) is 0 Å². The summed E-state index contributed by atoms with van der Waals surface area (Å²) < 4.78 is 31.1. The average Bonchev–Trinajstić information content (AvgIpc) is 2.53. The second-order valence-corrected chi connectivity index (χ2v) is 5.72. The van der Waals surface area contributed by atoms with Crippen molar-refractivity contribution in [1.29, 1.82) is 0 Å². The standard InChI is InChI=1S/C10H14F2N3OP/c11-10(12,17)8-7(14-6-16-8)1-15-4-9(5-15)2-13-3-9/h6,13H,1-5,17H2. The number of hydrogen-bond acceptors (Lipinski definition) is 4. The van der Waals surface area contributed by atoms with Gasteiger partial charge in [-0.15, -0.1) is 0 Å². The van der Waals surface area contributed by atoms with Gasteiger partial charge in [0.25, 0.3) is 0 Å². The van der Waals surface area contributed by atoms with Crippen LogP contribution < -0.4 is 5.32 Å². The van der Waals surface area contributed by atoms with E-state index in [1.54, 1.807) is 0 Å². The predicted octanol–water partition coefficient (Wildman–Crippen LogP) is 1.00. The van der Waals surface area contributed by atoms with Crippen molar-refractivity contribution < 1.29 is 13.2 Å². The maximum absolute atomic E-state index is 13.2. The van der Waals surface area contributed by atoms with Crippen LogP contribution in [0.2, 0.25) is 0 Å². The number of hydrogen-bond donors (Lipinski definition) is 1. The van der Waals surface area contributed by atoms with Crippen LogP contribution in [0.5, 0.6) is 0 Å². The molecule has 1 unspecified atom stereocenters. The van der Waals surface area contributed by atoms with E-state index in [1.807, 2.05) is 0 Å². The van der Waals surface area contributed by atoms with Gasteiger partial charge in [0.15, 0.2) is 6.39 Å². The zero-order valence-electron chi connectivity index (χ0n) is 9.25. The fourth-order valence-corrected chi connectivity index (χ4v) is 2.82. The van der Waals surface area contributed by atoms with Gasteiger partial charge in [-0.2, -0.15) is 8.78 Å². The molecule has 0 amide bonds. The lowest BCUT2D eigenvalue weighted by Crippen LogP contribution is -2.70. The normalized spacial score (nSPS) is 23.5. The molecule has 2 aliphatic heterocycles. The minimum absolute atomic E-state index is 0.338. The van der Waals surface area contributed by atoms with E-state index in [2.05, 4.69) is 15.2 Å². The number of nitrogens with zero attached hydrogens (tertiary/aromatic N) is 2. The summed E-state index contributed by atoms with van der Waals surface area (Å²) in [5, 5.41) is 3.23. The highest BCUT2D eigenvalue weighted by atomic mass is 31.0. The Balaban J connectivity index is 1.64. The lowest BCUT2D eigenvalue weighted by molar-refractivity contribution is -0.0460. The molecule has 2 aliphatic rings. The summed E-state index contributed by atoms with van der Waals surface area (Å²) in [6, 6.07) is 0. The minimum Gasteiger partial charge on any atom is -0.441 e. The highest BCUT2D eigenvalue weighted by Gasteiger charge is 2.47. The second-order valence-electron chi connectivity index (χ2n) is 5.00. The molecule has 1 atom stereocenters. The molecule has 0 aromatic carbocycles. The number of likely N-dealkylation sites (tertiary alicyclic amines) is 1. The zero-order valence-corrected chi connectivity index (χ0v) is 10.4. The summed E-state index contributed by atoms with van der Waals surface area (Å²) in [5.41, 5.74) is -2.30. The molecule has 1 spiro atoms. The molecular formula is C10H14F2N3OP. The molecule has 94 valence electrons. The first kappa shape index (κ1) is 11.5. The molecule has 3 heterocycles. The molecule has 0 saturated carbocycles. The molecule has 2 saturated heterocycles. The lowest BCUT2D eigenvalue weighted by Gasteiger charge is -2.56. The van der Waals surface area contributed by atoms with Crippen molar-refractivity contribution in [3.63, 3.8) is 0 Å². The van der Waals surface area contributed by atoms with Gasteiger partial charge in [0, 0.05) is 38.1 Å². The van der Waals surface area contributed by atoms with E-state index in [0.717, 1.165) is 32.6 Å². The van der Waals surface area contributed by atoms with Crippen molar-refractivity contribution in [3.8, 4) is 0 Å². The molecule has 0 bridgehead atoms. The average molecular weight is 261 g/mol. The summed E-state index contributed by atoms with van der Waals surface area (Å²) in [6.45, 7) is 4.42. The summed E-state index contributed by atoms with van der Waals surface area (Å²) in [5.74, 6) is -0.338. The Morgan fingerprint density at radius 2 is 2.24 bits per heavy atom. The number of rotatable bonds is 3. The largest absolute Gasteiger partial charge is 0.441 e. The van der Waals surface area contributed by atoms with Crippen LogP contribution in [0.3, 0.4) is 0 Å². The third-order valence-corrected chi connectivity index (χ3v) is 3.70. The molecule has 0 radical (unpaired) electrons. The summed E-state index contributed by atoms with van der Waals surface area (Å²) in [6.07, 6.45) is 1.09. The molecule has 4 nitrogen and oxygen atoms in total. The molecule has 3 rings (SSSR count). The number of halogens is 2. The van der Waals surface area contributed by atoms with Crippen molar-refractivity contribution in [2.45, 2.75) is 12.2 Å². The Morgan fingerprint density at radius 3 is 2.76 bits per heavy atom. The Hall–Kier alpha value is -0.580. The monoisotopic (exact) mass is 261 g/mol. The lowest BCUT2D eigenvalue weighted by atomic mass is 9.74. The van der Waals surface area contributed by atoms with Gasteiger partial charge in [-0.1, -0.05) is 9.24 Å². The van der Waals surface area contributed by atoms with Crippen LogP contribution in [0.25, 0.3) is 0 Å². The number of nitrogens with one attached hydrogen (secondary N) is 1. The van der Waals surface area contributed by atoms with Crippen molar-refractivity contribution in [1.82, 2.24) is 15.2 Å². The summed E-state index contributed by atoms with van der Waals surface area (Å²) >= 11 is 0. The first-order valence-corrected chi connectivity index (χ1v) is 6.09. The number of oxazole rings is 1. The fourth-order valence-electron chi connectivity index (χ4n) is 2.58. The second kappa shape index (κ2) is 3.70. The Kier molecular flexibility index (Phi) is 2.51. The van der Waals surface area contributed by atoms with Gasteiger partial charge in [0.2, 0.25) is 5.76 Å². The van der Waals surface area contributed by atoms with Gasteiger partial charge in [-0.25, -0.2) is 4.98 Å². The van der Waals surface area contributed by atoms with Gasteiger partial charge in [-0.3, -0.25) is 4.90 Å². The molecule has 2 fully saturated rings. The highest BCUT2D eigenvalue weighted by molar-refractivity contribution is 7.17. The van der Waals surface area contributed by atoms with Gasteiger partial charge >= 0.3 is 5.66 Å². The van der Waals surface area contributed by atoms with Crippen LogP contribution in [0, 0.1) is 5.41 Å². The first-order valence-electron chi connectivity index (χ1n) is 5.51. The molecule has 7 heteroatoms. The SMILES string of the molecule is FC(F)(P)c1ocnc1CN1CC2(CNC2)C1. The van der Waals surface area contributed by atoms with Crippen LogP contribution in [0.4, 0.5) is 8.78 Å². The quantitative estimate of drug-likeness (QED) is 0.824. The van der Waals surface area contributed by atoms with Crippen LogP contribution >= 0.6 is 9.24 Å². The first-order chi connectivity index (χ1) is 7.99. The minimum atomic E-state index is -3.04. The Labute approximate surface area is 100.0 Å². The fraction of sp³-hybridized carbons (Fsp3) is 0.700. The predicted molar refractivity (Wildman–Crippen MR) is 60.7 cm³/mol. The van der Waals surface area contributed by atoms with E-state index >= 15 is 0 Å². The van der Waals surface area contributed by atoms with E-state index in [1.165, 1.54) is 9.24 Å². The topological polar surface area (TPSA) is 41.3 Å². The summed E-state index contributed by atoms with van der Waals surface area (Å²) in [7, 11) is 1.49. The van der Waals surface area contributed by atoms with Gasteiger partial charge < -0.3 is 9.73 Å². The van der Waals surface area contributed by atoms with Gasteiger partial charge in [0.1, 0.15) is 5.69 Å². The van der Waals surface area contributed by atoms with Gasteiger partial charge in [0.05, 0.1) is 0 Å².